The lowest BCUT2D eigenvalue weighted by molar-refractivity contribution is -0.137. The molecule has 0 radical (unpaired) electrons. The summed E-state index contributed by atoms with van der Waals surface area (Å²) in [7, 11) is -3.72. The Morgan fingerprint density at radius 1 is 1.10 bits per heavy atom. The van der Waals surface area contributed by atoms with Crippen molar-refractivity contribution in [2.45, 2.75) is 48.0 Å². The quantitative estimate of drug-likeness (QED) is 0.914. The monoisotopic (exact) mass is 307 g/mol. The molecule has 1 aliphatic carbocycles. The van der Waals surface area contributed by atoms with E-state index in [4.69, 9.17) is 5.73 Å². The Morgan fingerprint density at radius 3 is 2.25 bits per heavy atom. The summed E-state index contributed by atoms with van der Waals surface area (Å²) in [5.74, 6) is 0. The molecule has 0 unspecified atom stereocenters. The molecule has 20 heavy (non-hydrogen) atoms. The topological polar surface area (TPSA) is 60.2 Å². The molecule has 2 N–H and O–H groups in total. The van der Waals surface area contributed by atoms with E-state index in [9.17, 15) is 21.6 Å². The molecule has 1 aliphatic rings. The van der Waals surface area contributed by atoms with E-state index in [1.807, 2.05) is 0 Å². The van der Waals surface area contributed by atoms with Crippen LogP contribution in [0.25, 0.3) is 0 Å². The van der Waals surface area contributed by atoms with E-state index >= 15 is 0 Å². The van der Waals surface area contributed by atoms with Gasteiger partial charge in [-0.25, -0.2) is 8.42 Å². The van der Waals surface area contributed by atoms with Gasteiger partial charge in [0.1, 0.15) is 0 Å². The Morgan fingerprint density at radius 2 is 1.70 bits per heavy atom. The van der Waals surface area contributed by atoms with Gasteiger partial charge in [-0.2, -0.15) is 13.2 Å². The largest absolute Gasteiger partial charge is 0.416 e. The smallest absolute Gasteiger partial charge is 0.328 e. The Bertz CT molecular complexity index is 576. The Kier molecular flexibility index (Phi) is 4.11. The zero-order chi connectivity index (χ0) is 15.0. The first-order chi connectivity index (χ1) is 9.21. The van der Waals surface area contributed by atoms with Crippen molar-refractivity contribution in [3.8, 4) is 0 Å². The van der Waals surface area contributed by atoms with Crippen LogP contribution >= 0.6 is 0 Å². The standard InChI is InChI=1S/C13H16F3NO2S/c14-13(15,16)9-2-1-3-12(8-9)20(18,19)11-6-4-10(17)5-7-11/h1-3,8,10-11H,4-7,17H2. The van der Waals surface area contributed by atoms with Crippen molar-refractivity contribution in [2.24, 2.45) is 5.73 Å². The molecule has 0 spiro atoms. The van der Waals surface area contributed by atoms with Crippen LogP contribution in [0.2, 0.25) is 0 Å². The highest BCUT2D eigenvalue weighted by molar-refractivity contribution is 7.92. The van der Waals surface area contributed by atoms with Gasteiger partial charge in [0.2, 0.25) is 0 Å². The summed E-state index contributed by atoms with van der Waals surface area (Å²) in [6.07, 6.45) is -2.56. The van der Waals surface area contributed by atoms with Crippen LogP contribution < -0.4 is 5.73 Å². The summed E-state index contributed by atoms with van der Waals surface area (Å²) < 4.78 is 62.6. The highest BCUT2D eigenvalue weighted by Crippen LogP contribution is 2.33. The molecule has 112 valence electrons. The maximum Gasteiger partial charge on any atom is 0.416 e. The summed E-state index contributed by atoms with van der Waals surface area (Å²) >= 11 is 0. The van der Waals surface area contributed by atoms with Crippen LogP contribution in [0, 0.1) is 0 Å². The summed E-state index contributed by atoms with van der Waals surface area (Å²) in [5.41, 5.74) is 4.78. The molecule has 0 amide bonds. The lowest BCUT2D eigenvalue weighted by Crippen LogP contribution is -2.33. The van der Waals surface area contributed by atoms with Gasteiger partial charge in [-0.15, -0.1) is 0 Å². The molecule has 3 nitrogen and oxygen atoms in total. The Labute approximate surface area is 115 Å². The van der Waals surface area contributed by atoms with E-state index in [2.05, 4.69) is 0 Å². The van der Waals surface area contributed by atoms with Crippen molar-refractivity contribution >= 4 is 9.84 Å². The number of sulfone groups is 1. The fourth-order valence-electron chi connectivity index (χ4n) is 2.44. The Hall–Kier alpha value is -1.08. The lowest BCUT2D eigenvalue weighted by atomic mass is 9.96. The van der Waals surface area contributed by atoms with E-state index in [1.54, 1.807) is 0 Å². The van der Waals surface area contributed by atoms with E-state index in [0.29, 0.717) is 31.7 Å². The minimum Gasteiger partial charge on any atom is -0.328 e. The van der Waals surface area contributed by atoms with Crippen molar-refractivity contribution in [1.82, 2.24) is 0 Å². The van der Waals surface area contributed by atoms with Crippen molar-refractivity contribution < 1.29 is 21.6 Å². The van der Waals surface area contributed by atoms with Crippen molar-refractivity contribution in [1.29, 1.82) is 0 Å². The third-order valence-corrected chi connectivity index (χ3v) is 5.91. The van der Waals surface area contributed by atoms with Crippen LogP contribution in [0.15, 0.2) is 29.2 Å². The lowest BCUT2D eigenvalue weighted by Gasteiger charge is -2.26. The molecule has 0 heterocycles. The molecule has 0 bridgehead atoms. The number of nitrogens with two attached hydrogens (primary N) is 1. The number of hydrogen-bond acceptors (Lipinski definition) is 3. The summed E-state index contributed by atoms with van der Waals surface area (Å²) in [4.78, 5) is -0.257. The minimum absolute atomic E-state index is 0.0111. The van der Waals surface area contributed by atoms with Crippen molar-refractivity contribution in [2.75, 3.05) is 0 Å². The van der Waals surface area contributed by atoms with Crippen LogP contribution in [0.1, 0.15) is 31.2 Å². The van der Waals surface area contributed by atoms with E-state index in [0.717, 1.165) is 12.1 Å². The third kappa shape index (κ3) is 3.15. The molecule has 1 aromatic rings. The number of benzene rings is 1. The number of hydrogen-bond donors (Lipinski definition) is 1. The predicted molar refractivity (Wildman–Crippen MR) is 68.9 cm³/mol. The normalized spacial score (nSPS) is 24.6. The zero-order valence-corrected chi connectivity index (χ0v) is 11.5. The average molecular weight is 307 g/mol. The van der Waals surface area contributed by atoms with Gasteiger partial charge in [0, 0.05) is 6.04 Å². The summed E-state index contributed by atoms with van der Waals surface area (Å²) in [6, 6.07) is 3.92. The van der Waals surface area contributed by atoms with E-state index in [-0.39, 0.29) is 10.9 Å². The van der Waals surface area contributed by atoms with E-state index in [1.165, 1.54) is 6.07 Å². The maximum absolute atomic E-state index is 12.6. The summed E-state index contributed by atoms with van der Waals surface area (Å²) in [5, 5.41) is -0.634. The van der Waals surface area contributed by atoms with Crippen LogP contribution in [0.3, 0.4) is 0 Å². The number of alkyl halides is 3. The zero-order valence-electron chi connectivity index (χ0n) is 10.7. The predicted octanol–water partition coefficient (Wildman–Crippen LogP) is 2.75. The molecule has 1 aromatic carbocycles. The minimum atomic E-state index is -4.54. The first-order valence-electron chi connectivity index (χ1n) is 6.38. The van der Waals surface area contributed by atoms with Gasteiger partial charge in [0.25, 0.3) is 0 Å². The molecule has 1 saturated carbocycles. The van der Waals surface area contributed by atoms with Gasteiger partial charge >= 0.3 is 6.18 Å². The second-order valence-corrected chi connectivity index (χ2v) is 7.34. The molecule has 0 aliphatic heterocycles. The van der Waals surface area contributed by atoms with Gasteiger partial charge in [0.15, 0.2) is 9.84 Å². The Balaban J connectivity index is 2.30. The molecule has 0 aromatic heterocycles. The van der Waals surface area contributed by atoms with Crippen molar-refractivity contribution in [3.05, 3.63) is 29.8 Å². The molecule has 0 saturated heterocycles. The summed E-state index contributed by atoms with van der Waals surface area (Å²) in [6.45, 7) is 0. The second-order valence-electron chi connectivity index (χ2n) is 5.11. The van der Waals surface area contributed by atoms with Crippen molar-refractivity contribution in [3.63, 3.8) is 0 Å². The molecule has 7 heteroatoms. The van der Waals surface area contributed by atoms with Gasteiger partial charge < -0.3 is 5.73 Å². The van der Waals surface area contributed by atoms with E-state index < -0.39 is 26.8 Å². The first kappa shape index (κ1) is 15.3. The third-order valence-electron chi connectivity index (χ3n) is 3.65. The maximum atomic E-state index is 12.6. The number of halogens is 3. The second kappa shape index (κ2) is 5.37. The first-order valence-corrected chi connectivity index (χ1v) is 7.92. The van der Waals surface area contributed by atoms with Crippen LogP contribution in [-0.4, -0.2) is 19.7 Å². The highest BCUT2D eigenvalue weighted by Gasteiger charge is 2.34. The molecule has 2 rings (SSSR count). The fraction of sp³-hybridized carbons (Fsp3) is 0.538. The molecule has 1 fully saturated rings. The van der Waals surface area contributed by atoms with Crippen LogP contribution in [0.5, 0.6) is 0 Å². The van der Waals surface area contributed by atoms with Crippen LogP contribution in [-0.2, 0) is 16.0 Å². The molecular formula is C13H16F3NO2S. The van der Waals surface area contributed by atoms with Gasteiger partial charge in [-0.1, -0.05) is 6.07 Å². The highest BCUT2D eigenvalue weighted by atomic mass is 32.2. The molecular weight excluding hydrogens is 291 g/mol. The average Bonchev–Trinajstić information content (AvgIpc) is 2.38. The fourth-order valence-corrected chi connectivity index (χ4v) is 4.28. The van der Waals surface area contributed by atoms with Gasteiger partial charge in [-0.3, -0.25) is 0 Å². The SMILES string of the molecule is NC1CCC(S(=O)(=O)c2cccc(C(F)(F)F)c2)CC1. The van der Waals surface area contributed by atoms with Gasteiger partial charge in [0.05, 0.1) is 15.7 Å². The van der Waals surface area contributed by atoms with Crippen LogP contribution in [0.4, 0.5) is 13.2 Å². The number of rotatable bonds is 2. The molecule has 0 atom stereocenters. The van der Waals surface area contributed by atoms with Gasteiger partial charge in [-0.05, 0) is 43.9 Å².